The van der Waals surface area contributed by atoms with E-state index in [0.717, 1.165) is 30.6 Å². The largest absolute Gasteiger partial charge is 0.233 e. The van der Waals surface area contributed by atoms with Crippen molar-refractivity contribution in [2.24, 2.45) is 23.2 Å². The van der Waals surface area contributed by atoms with Crippen molar-refractivity contribution in [2.75, 3.05) is 0 Å². The van der Waals surface area contributed by atoms with Gasteiger partial charge in [-0.05, 0) is 81.3 Å². The van der Waals surface area contributed by atoms with Crippen LogP contribution in [0.2, 0.25) is 0 Å². The van der Waals surface area contributed by atoms with E-state index in [0.29, 0.717) is 5.41 Å². The average Bonchev–Trinajstić information content (AvgIpc) is 2.52. The molecule has 1 radical (unpaired) electrons. The van der Waals surface area contributed by atoms with E-state index in [1.165, 1.54) is 18.4 Å². The van der Waals surface area contributed by atoms with Gasteiger partial charge in [-0.25, -0.2) is 9.78 Å². The molecule has 27 heavy (non-hydrogen) atoms. The van der Waals surface area contributed by atoms with Crippen LogP contribution in [0.3, 0.4) is 0 Å². The van der Waals surface area contributed by atoms with E-state index in [9.17, 15) is 0 Å². The fraction of sp³-hybridized carbons (Fsp3) is 0.760. The van der Waals surface area contributed by atoms with Crippen molar-refractivity contribution in [1.82, 2.24) is 0 Å². The molecule has 0 spiro atoms. The van der Waals surface area contributed by atoms with Crippen molar-refractivity contribution in [1.29, 1.82) is 0 Å². The molecule has 0 N–H and O–H groups in total. The molecule has 1 aromatic rings. The Balaban J connectivity index is 0.000000277. The van der Waals surface area contributed by atoms with Crippen LogP contribution < -0.4 is 0 Å². The van der Waals surface area contributed by atoms with E-state index in [1.54, 1.807) is 0 Å². The molecule has 0 saturated heterocycles. The van der Waals surface area contributed by atoms with Gasteiger partial charge in [0.05, 0.1) is 11.7 Å². The quantitative estimate of drug-likeness (QED) is 0.398. The number of hydrogen-bond acceptors (Lipinski definition) is 2. The zero-order chi connectivity index (χ0) is 20.7. The first-order chi connectivity index (χ1) is 12.4. The van der Waals surface area contributed by atoms with E-state index in [2.05, 4.69) is 59.7 Å². The summed E-state index contributed by atoms with van der Waals surface area (Å²) in [6.07, 6.45) is 4.98. The molecule has 0 bridgehead atoms. The SMILES string of the molecule is CC(C)C(C)Cc1cc[c]cc1.CC1CC(OOC(C)(C)C)CC(C)(C)C1. The normalized spacial score (nSPS) is 23.5. The van der Waals surface area contributed by atoms with Crippen LogP contribution in [0.5, 0.6) is 0 Å². The van der Waals surface area contributed by atoms with Gasteiger partial charge in [0, 0.05) is 0 Å². The Morgan fingerprint density at radius 1 is 1.11 bits per heavy atom. The molecular weight excluding hydrogens is 332 g/mol. The Hall–Kier alpha value is -0.860. The zero-order valence-corrected chi connectivity index (χ0v) is 19.3. The third-order valence-electron chi connectivity index (χ3n) is 5.26. The minimum Gasteiger partial charge on any atom is -0.233 e. The molecule has 3 unspecified atom stereocenters. The first kappa shape index (κ1) is 24.2. The lowest BCUT2D eigenvalue weighted by Crippen LogP contribution is -2.34. The number of rotatable bonds is 5. The van der Waals surface area contributed by atoms with Crippen molar-refractivity contribution in [3.8, 4) is 0 Å². The number of benzene rings is 1. The van der Waals surface area contributed by atoms with Crippen molar-refractivity contribution in [3.63, 3.8) is 0 Å². The van der Waals surface area contributed by atoms with Crippen molar-refractivity contribution >= 4 is 0 Å². The second-order valence-electron chi connectivity index (χ2n) is 10.7. The maximum atomic E-state index is 5.55. The molecule has 1 fully saturated rings. The molecule has 155 valence electrons. The molecule has 0 amide bonds. The smallest absolute Gasteiger partial charge is 0.0952 e. The van der Waals surface area contributed by atoms with E-state index in [4.69, 9.17) is 9.78 Å². The molecule has 1 aliphatic carbocycles. The van der Waals surface area contributed by atoms with Crippen LogP contribution in [0.1, 0.15) is 87.1 Å². The fourth-order valence-electron chi connectivity index (χ4n) is 3.71. The predicted octanol–water partition coefficient (Wildman–Crippen LogP) is 7.27. The topological polar surface area (TPSA) is 18.5 Å². The highest BCUT2D eigenvalue weighted by Gasteiger charge is 2.33. The third kappa shape index (κ3) is 10.9. The van der Waals surface area contributed by atoms with Crippen molar-refractivity contribution in [2.45, 2.75) is 99.7 Å². The molecule has 2 rings (SSSR count). The second kappa shape index (κ2) is 10.6. The summed E-state index contributed by atoms with van der Waals surface area (Å²) in [5.41, 5.74) is 1.61. The van der Waals surface area contributed by atoms with Gasteiger partial charge in [-0.15, -0.1) is 0 Å². The van der Waals surface area contributed by atoms with Gasteiger partial charge in [-0.3, -0.25) is 0 Å². The minimum atomic E-state index is -0.204. The van der Waals surface area contributed by atoms with Gasteiger partial charge in [0.15, 0.2) is 0 Å². The van der Waals surface area contributed by atoms with Crippen LogP contribution in [0.15, 0.2) is 24.3 Å². The maximum absolute atomic E-state index is 5.55. The monoisotopic (exact) mass is 375 g/mol. The second-order valence-corrected chi connectivity index (χ2v) is 10.7. The van der Waals surface area contributed by atoms with E-state index in [-0.39, 0.29) is 11.7 Å². The molecule has 2 heteroatoms. The summed E-state index contributed by atoms with van der Waals surface area (Å²) in [4.78, 5) is 11.0. The first-order valence-corrected chi connectivity index (χ1v) is 10.7. The summed E-state index contributed by atoms with van der Waals surface area (Å²) >= 11 is 0. The minimum absolute atomic E-state index is 0.204. The highest BCUT2D eigenvalue weighted by molar-refractivity contribution is 5.14. The van der Waals surface area contributed by atoms with Gasteiger partial charge in [0.2, 0.25) is 0 Å². The average molecular weight is 376 g/mol. The Kier molecular flexibility index (Phi) is 9.51. The van der Waals surface area contributed by atoms with E-state index in [1.807, 2.05) is 32.9 Å². The molecular formula is C25H43O2. The molecule has 1 saturated carbocycles. The van der Waals surface area contributed by atoms with E-state index >= 15 is 0 Å². The molecule has 0 aliphatic heterocycles. The maximum Gasteiger partial charge on any atom is 0.0952 e. The molecule has 1 aromatic carbocycles. The van der Waals surface area contributed by atoms with Crippen molar-refractivity contribution in [3.05, 3.63) is 35.9 Å². The fourth-order valence-corrected chi connectivity index (χ4v) is 3.71. The van der Waals surface area contributed by atoms with Crippen LogP contribution >= 0.6 is 0 Å². The van der Waals surface area contributed by atoms with Crippen LogP contribution in [0.4, 0.5) is 0 Å². The molecule has 0 aromatic heterocycles. The highest BCUT2D eigenvalue weighted by atomic mass is 17.2. The Bertz CT molecular complexity index is 513. The first-order valence-electron chi connectivity index (χ1n) is 10.7. The summed E-state index contributed by atoms with van der Waals surface area (Å²) in [6, 6.07) is 11.3. The lowest BCUT2D eigenvalue weighted by Gasteiger charge is -2.38. The number of hydrogen-bond donors (Lipinski definition) is 0. The molecule has 1 aliphatic rings. The molecule has 3 atom stereocenters. The van der Waals surface area contributed by atoms with Gasteiger partial charge in [-0.1, -0.05) is 65.8 Å². The van der Waals surface area contributed by atoms with Crippen LogP contribution in [0, 0.1) is 29.2 Å². The third-order valence-corrected chi connectivity index (χ3v) is 5.26. The van der Waals surface area contributed by atoms with Crippen molar-refractivity contribution < 1.29 is 9.78 Å². The van der Waals surface area contributed by atoms with Gasteiger partial charge in [-0.2, -0.15) is 0 Å². The molecule has 2 nitrogen and oxygen atoms in total. The highest BCUT2D eigenvalue weighted by Crippen LogP contribution is 2.40. The standard InChI is InChI=1S/C13H26O2.C12H17/c1-10-7-11(9-13(5,6)8-10)14-15-12(2,3)4;1-10(2)11(3)9-12-7-5-4-6-8-12/h10-11H,7-9H2,1-6H3;5-8,10-11H,9H2,1-3H3. The summed E-state index contributed by atoms with van der Waals surface area (Å²) in [6.45, 7) is 19.8. The predicted molar refractivity (Wildman–Crippen MR) is 115 cm³/mol. The lowest BCUT2D eigenvalue weighted by atomic mass is 9.71. The summed E-state index contributed by atoms with van der Waals surface area (Å²) in [5.74, 6) is 2.28. The van der Waals surface area contributed by atoms with E-state index < -0.39 is 0 Å². The van der Waals surface area contributed by atoms with Crippen LogP contribution in [-0.4, -0.2) is 11.7 Å². The van der Waals surface area contributed by atoms with Crippen LogP contribution in [0.25, 0.3) is 0 Å². The van der Waals surface area contributed by atoms with Gasteiger partial charge in [0.25, 0.3) is 0 Å². The Labute approximate surface area is 169 Å². The summed E-state index contributed by atoms with van der Waals surface area (Å²) in [5, 5.41) is 0. The van der Waals surface area contributed by atoms with Gasteiger partial charge >= 0.3 is 0 Å². The lowest BCUT2D eigenvalue weighted by molar-refractivity contribution is -0.380. The Morgan fingerprint density at radius 2 is 1.70 bits per heavy atom. The summed E-state index contributed by atoms with van der Waals surface area (Å²) < 4.78 is 0. The zero-order valence-electron chi connectivity index (χ0n) is 19.3. The van der Waals surface area contributed by atoms with Gasteiger partial charge < -0.3 is 0 Å². The van der Waals surface area contributed by atoms with Gasteiger partial charge in [0.1, 0.15) is 0 Å². The van der Waals surface area contributed by atoms with Crippen LogP contribution in [-0.2, 0) is 16.2 Å². The molecule has 0 heterocycles. The Morgan fingerprint density at radius 3 is 2.19 bits per heavy atom. The summed E-state index contributed by atoms with van der Waals surface area (Å²) in [7, 11) is 0.